The van der Waals surface area contributed by atoms with Gasteiger partial charge in [-0.3, -0.25) is 0 Å². The van der Waals surface area contributed by atoms with E-state index in [2.05, 4.69) is 9.47 Å². The highest BCUT2D eigenvalue weighted by Crippen LogP contribution is 1.96. The van der Waals surface area contributed by atoms with Gasteiger partial charge in [0.15, 0.2) is 0 Å². The average molecular weight is 188 g/mol. The molecule has 0 aliphatic rings. The first-order valence-corrected chi connectivity index (χ1v) is 3.71. The predicted molar refractivity (Wildman–Crippen MR) is 44.2 cm³/mol. The van der Waals surface area contributed by atoms with Crippen LogP contribution in [0.1, 0.15) is 6.92 Å². The minimum absolute atomic E-state index is 0.117. The summed E-state index contributed by atoms with van der Waals surface area (Å²) in [6.45, 7) is 1.74. The van der Waals surface area contributed by atoms with Crippen molar-refractivity contribution in [2.24, 2.45) is 0 Å². The SMILES string of the molecule is CCOC(=O)C=C(COC)C(=O)O. The fourth-order valence-corrected chi connectivity index (χ4v) is 0.647. The zero-order chi connectivity index (χ0) is 10.3. The van der Waals surface area contributed by atoms with Gasteiger partial charge >= 0.3 is 11.9 Å². The van der Waals surface area contributed by atoms with Crippen LogP contribution in [-0.4, -0.2) is 37.4 Å². The van der Waals surface area contributed by atoms with E-state index in [0.29, 0.717) is 0 Å². The topological polar surface area (TPSA) is 72.8 Å². The van der Waals surface area contributed by atoms with E-state index in [4.69, 9.17) is 5.11 Å². The van der Waals surface area contributed by atoms with Crippen LogP contribution < -0.4 is 0 Å². The molecule has 13 heavy (non-hydrogen) atoms. The Hall–Kier alpha value is -1.36. The third kappa shape index (κ3) is 4.97. The normalized spacial score (nSPS) is 11.1. The second kappa shape index (κ2) is 6.19. The smallest absolute Gasteiger partial charge is 0.334 e. The van der Waals surface area contributed by atoms with Gasteiger partial charge < -0.3 is 14.6 Å². The molecule has 0 heterocycles. The van der Waals surface area contributed by atoms with E-state index in [1.807, 2.05) is 0 Å². The number of rotatable bonds is 5. The van der Waals surface area contributed by atoms with Crippen molar-refractivity contribution in [1.82, 2.24) is 0 Å². The molecule has 5 heteroatoms. The summed E-state index contributed by atoms with van der Waals surface area (Å²) in [5.41, 5.74) is -0.124. The highest BCUT2D eigenvalue weighted by atomic mass is 16.5. The molecule has 0 aromatic carbocycles. The second-order valence-electron chi connectivity index (χ2n) is 2.16. The first-order valence-electron chi connectivity index (χ1n) is 3.71. The molecule has 0 unspecified atom stereocenters. The van der Waals surface area contributed by atoms with Crippen LogP contribution in [0, 0.1) is 0 Å². The lowest BCUT2D eigenvalue weighted by Gasteiger charge is -2.00. The van der Waals surface area contributed by atoms with Crippen LogP contribution in [0.2, 0.25) is 0 Å². The van der Waals surface area contributed by atoms with E-state index in [1.54, 1.807) is 6.92 Å². The quantitative estimate of drug-likeness (QED) is 0.493. The number of aliphatic carboxylic acids is 1. The molecule has 0 aliphatic carbocycles. The van der Waals surface area contributed by atoms with E-state index in [9.17, 15) is 9.59 Å². The molecule has 5 nitrogen and oxygen atoms in total. The Labute approximate surface area is 75.9 Å². The lowest BCUT2D eigenvalue weighted by atomic mass is 10.2. The lowest BCUT2D eigenvalue weighted by molar-refractivity contribution is -0.139. The highest BCUT2D eigenvalue weighted by molar-refractivity contribution is 5.95. The second-order valence-corrected chi connectivity index (χ2v) is 2.16. The van der Waals surface area contributed by atoms with E-state index < -0.39 is 11.9 Å². The van der Waals surface area contributed by atoms with Crippen molar-refractivity contribution < 1.29 is 24.2 Å². The average Bonchev–Trinajstić information content (AvgIpc) is 2.04. The molecule has 0 radical (unpaired) electrons. The van der Waals surface area contributed by atoms with Gasteiger partial charge in [0.05, 0.1) is 18.8 Å². The molecule has 0 aliphatic heterocycles. The van der Waals surface area contributed by atoms with Gasteiger partial charge in [0.2, 0.25) is 0 Å². The predicted octanol–water partition coefficient (Wildman–Crippen LogP) is 0.207. The molecule has 0 saturated carbocycles. The Kier molecular flexibility index (Phi) is 5.54. The Morgan fingerprint density at radius 3 is 2.46 bits per heavy atom. The molecule has 0 amide bonds. The number of hydrogen-bond acceptors (Lipinski definition) is 4. The molecule has 0 saturated heterocycles. The highest BCUT2D eigenvalue weighted by Gasteiger charge is 2.09. The van der Waals surface area contributed by atoms with Gasteiger partial charge in [-0.25, -0.2) is 9.59 Å². The fraction of sp³-hybridized carbons (Fsp3) is 0.500. The van der Waals surface area contributed by atoms with E-state index in [0.717, 1.165) is 6.08 Å². The summed E-state index contributed by atoms with van der Waals surface area (Å²) in [5.74, 6) is -1.85. The van der Waals surface area contributed by atoms with Gasteiger partial charge in [0.1, 0.15) is 0 Å². The summed E-state index contributed by atoms with van der Waals surface area (Å²) in [7, 11) is 1.35. The molecule has 0 aromatic heterocycles. The molecule has 0 spiro atoms. The maximum Gasteiger partial charge on any atom is 0.334 e. The van der Waals surface area contributed by atoms with Gasteiger partial charge in [-0.15, -0.1) is 0 Å². The summed E-state index contributed by atoms with van der Waals surface area (Å²) in [6.07, 6.45) is 0.912. The summed E-state index contributed by atoms with van der Waals surface area (Å²) >= 11 is 0. The van der Waals surface area contributed by atoms with Crippen molar-refractivity contribution in [3.63, 3.8) is 0 Å². The molecule has 1 N–H and O–H groups in total. The van der Waals surface area contributed by atoms with Crippen LogP contribution in [0.3, 0.4) is 0 Å². The molecule has 0 rings (SSSR count). The monoisotopic (exact) mass is 188 g/mol. The maximum absolute atomic E-state index is 10.8. The van der Waals surface area contributed by atoms with Crippen LogP contribution in [0.5, 0.6) is 0 Å². The first-order chi connectivity index (χ1) is 6.11. The van der Waals surface area contributed by atoms with Crippen molar-refractivity contribution in [3.8, 4) is 0 Å². The van der Waals surface area contributed by atoms with Crippen molar-refractivity contribution in [2.45, 2.75) is 6.92 Å². The fourth-order valence-electron chi connectivity index (χ4n) is 0.647. The molecule has 0 atom stereocenters. The van der Waals surface area contributed by atoms with Crippen molar-refractivity contribution in [2.75, 3.05) is 20.3 Å². The largest absolute Gasteiger partial charge is 0.478 e. The van der Waals surface area contributed by atoms with Crippen molar-refractivity contribution in [3.05, 3.63) is 11.6 Å². The van der Waals surface area contributed by atoms with Gasteiger partial charge in [-0.1, -0.05) is 0 Å². The minimum Gasteiger partial charge on any atom is -0.478 e. The molecule has 0 aromatic rings. The molecule has 0 bridgehead atoms. The number of carboxylic acid groups (broad SMARTS) is 1. The number of esters is 1. The van der Waals surface area contributed by atoms with Crippen LogP contribution in [0.4, 0.5) is 0 Å². The number of methoxy groups -OCH3 is 1. The van der Waals surface area contributed by atoms with Gasteiger partial charge in [-0.2, -0.15) is 0 Å². The number of hydrogen-bond donors (Lipinski definition) is 1. The molecule has 74 valence electrons. The number of carboxylic acids is 1. The third-order valence-corrected chi connectivity index (χ3v) is 1.15. The Morgan fingerprint density at radius 2 is 2.08 bits per heavy atom. The van der Waals surface area contributed by atoms with E-state index in [-0.39, 0.29) is 18.8 Å². The number of ether oxygens (including phenoxy) is 2. The Morgan fingerprint density at radius 1 is 1.46 bits per heavy atom. The minimum atomic E-state index is -1.19. The molecule has 0 fully saturated rings. The zero-order valence-corrected chi connectivity index (χ0v) is 7.57. The summed E-state index contributed by atoms with van der Waals surface area (Å²) in [5, 5.41) is 8.57. The van der Waals surface area contributed by atoms with Crippen molar-refractivity contribution >= 4 is 11.9 Å². The number of carbonyl (C=O) groups is 2. The van der Waals surface area contributed by atoms with Gasteiger partial charge in [0.25, 0.3) is 0 Å². The van der Waals surface area contributed by atoms with Crippen LogP contribution in [0.15, 0.2) is 11.6 Å². The van der Waals surface area contributed by atoms with Crippen molar-refractivity contribution in [1.29, 1.82) is 0 Å². The van der Waals surface area contributed by atoms with Gasteiger partial charge in [0, 0.05) is 13.2 Å². The Balaban J connectivity index is 4.34. The third-order valence-electron chi connectivity index (χ3n) is 1.15. The first kappa shape index (κ1) is 11.6. The zero-order valence-electron chi connectivity index (χ0n) is 7.57. The summed E-state index contributed by atoms with van der Waals surface area (Å²) < 4.78 is 9.12. The van der Waals surface area contributed by atoms with E-state index in [1.165, 1.54) is 7.11 Å². The maximum atomic E-state index is 10.8. The lowest BCUT2D eigenvalue weighted by Crippen LogP contribution is -2.10. The molecular weight excluding hydrogens is 176 g/mol. The van der Waals surface area contributed by atoms with Crippen LogP contribution >= 0.6 is 0 Å². The molecular formula is C8H12O5. The number of carbonyl (C=O) groups excluding carboxylic acids is 1. The summed E-state index contributed by atoms with van der Waals surface area (Å²) in [4.78, 5) is 21.3. The van der Waals surface area contributed by atoms with E-state index >= 15 is 0 Å². The van der Waals surface area contributed by atoms with Crippen LogP contribution in [0.25, 0.3) is 0 Å². The van der Waals surface area contributed by atoms with Gasteiger partial charge in [-0.05, 0) is 6.92 Å². The standard InChI is InChI=1S/C8H12O5/c1-3-13-7(9)4-6(5-12-2)8(10)11/h4H,3,5H2,1-2H3,(H,10,11). The summed E-state index contributed by atoms with van der Waals surface area (Å²) in [6, 6.07) is 0. The van der Waals surface area contributed by atoms with Crippen LogP contribution in [-0.2, 0) is 19.1 Å². The Bertz CT molecular complexity index is 219.